The Kier molecular flexibility index (Phi) is 4.90. The number of aromatic nitrogens is 3. The number of pyridine rings is 2. The summed E-state index contributed by atoms with van der Waals surface area (Å²) < 4.78 is 0. The summed E-state index contributed by atoms with van der Waals surface area (Å²) in [4.78, 5) is 38.0. The molecule has 0 atom stereocenters. The lowest BCUT2D eigenvalue weighted by atomic mass is 10.2. The lowest BCUT2D eigenvalue weighted by molar-refractivity contribution is 0.0985. The number of primary amides is 1. The summed E-state index contributed by atoms with van der Waals surface area (Å²) in [6.45, 7) is 1.82. The summed E-state index contributed by atoms with van der Waals surface area (Å²) in [5.74, 6) is -0.836. The molecule has 2 amide bonds. The molecule has 0 radical (unpaired) electrons. The van der Waals surface area contributed by atoms with Crippen LogP contribution in [0.4, 0.5) is 16.4 Å². The van der Waals surface area contributed by atoms with Crippen molar-refractivity contribution in [1.29, 1.82) is 0 Å². The number of anilines is 3. The Morgan fingerprint density at radius 1 is 1.19 bits per heavy atom. The molecule has 0 spiro atoms. The summed E-state index contributed by atoms with van der Waals surface area (Å²) in [6, 6.07) is 5.06. The second-order valence-corrected chi connectivity index (χ2v) is 6.63. The summed E-state index contributed by atoms with van der Waals surface area (Å²) in [5, 5.41) is 4.40. The molecule has 3 aromatic rings. The molecule has 0 aromatic carbocycles. The van der Waals surface area contributed by atoms with Crippen molar-refractivity contribution in [3.05, 3.63) is 59.3 Å². The summed E-state index contributed by atoms with van der Waals surface area (Å²) >= 11 is 1.34. The molecule has 26 heavy (non-hydrogen) atoms. The third kappa shape index (κ3) is 3.67. The molecule has 3 N–H and O–H groups in total. The van der Waals surface area contributed by atoms with E-state index in [9.17, 15) is 9.59 Å². The van der Waals surface area contributed by atoms with Crippen LogP contribution >= 0.6 is 11.3 Å². The number of hydrogen-bond donors (Lipinski definition) is 2. The normalized spacial score (nSPS) is 10.4. The van der Waals surface area contributed by atoms with Crippen LogP contribution in [0.5, 0.6) is 0 Å². The van der Waals surface area contributed by atoms with Gasteiger partial charge in [-0.3, -0.25) is 19.6 Å². The maximum Gasteiger partial charge on any atom is 0.279 e. The van der Waals surface area contributed by atoms with Gasteiger partial charge in [0.05, 0.1) is 22.5 Å². The van der Waals surface area contributed by atoms with Crippen LogP contribution in [0.2, 0.25) is 0 Å². The first-order valence-corrected chi connectivity index (χ1v) is 8.44. The molecule has 0 saturated heterocycles. The molecule has 132 valence electrons. The van der Waals surface area contributed by atoms with E-state index in [4.69, 9.17) is 5.73 Å². The second-order valence-electron chi connectivity index (χ2n) is 5.43. The maximum atomic E-state index is 12.9. The van der Waals surface area contributed by atoms with Gasteiger partial charge in [-0.1, -0.05) is 0 Å². The second kappa shape index (κ2) is 7.28. The Morgan fingerprint density at radius 3 is 2.62 bits per heavy atom. The standard InChI is InChI=1S/C17H16N6O2S/c1-10-21-14(17(25)23(2)13-3-5-19-6-4-13)16(26-10)22-12-7-11(15(18)24)8-20-9-12/h3-9,22H,1-2H3,(H2,18,24). The van der Waals surface area contributed by atoms with Crippen LogP contribution in [0.3, 0.4) is 0 Å². The lowest BCUT2D eigenvalue weighted by Crippen LogP contribution is -2.27. The zero-order valence-electron chi connectivity index (χ0n) is 14.1. The number of hydrogen-bond acceptors (Lipinski definition) is 7. The maximum absolute atomic E-state index is 12.9. The predicted octanol–water partition coefficient (Wildman–Crippen LogP) is 2.36. The van der Waals surface area contributed by atoms with Crippen molar-refractivity contribution >= 4 is 39.5 Å². The van der Waals surface area contributed by atoms with Gasteiger partial charge in [-0.2, -0.15) is 0 Å². The van der Waals surface area contributed by atoms with Crippen LogP contribution in [0, 0.1) is 6.92 Å². The number of nitrogens with one attached hydrogen (secondary N) is 1. The van der Waals surface area contributed by atoms with E-state index in [1.54, 1.807) is 43.8 Å². The van der Waals surface area contributed by atoms with Crippen molar-refractivity contribution in [3.8, 4) is 0 Å². The molecule has 0 aliphatic carbocycles. The van der Waals surface area contributed by atoms with Gasteiger partial charge in [0.15, 0.2) is 5.69 Å². The Bertz CT molecular complexity index is 957. The van der Waals surface area contributed by atoms with E-state index >= 15 is 0 Å². The Hall–Kier alpha value is -3.33. The smallest absolute Gasteiger partial charge is 0.279 e. The number of carbonyl (C=O) groups excluding carboxylic acids is 2. The minimum absolute atomic E-state index is 0.262. The van der Waals surface area contributed by atoms with Crippen LogP contribution in [-0.2, 0) is 0 Å². The first-order valence-electron chi connectivity index (χ1n) is 7.63. The lowest BCUT2D eigenvalue weighted by Gasteiger charge is -2.16. The monoisotopic (exact) mass is 368 g/mol. The fraction of sp³-hybridized carbons (Fsp3) is 0.118. The van der Waals surface area contributed by atoms with E-state index in [1.165, 1.54) is 22.4 Å². The van der Waals surface area contributed by atoms with Gasteiger partial charge in [-0.15, -0.1) is 11.3 Å². The molecule has 0 aliphatic heterocycles. The van der Waals surface area contributed by atoms with Crippen LogP contribution in [0.25, 0.3) is 0 Å². The van der Waals surface area contributed by atoms with E-state index in [0.29, 0.717) is 16.4 Å². The van der Waals surface area contributed by atoms with Gasteiger partial charge in [0.25, 0.3) is 5.91 Å². The van der Waals surface area contributed by atoms with E-state index < -0.39 is 5.91 Å². The number of amides is 2. The number of rotatable bonds is 5. The quantitative estimate of drug-likeness (QED) is 0.714. The highest BCUT2D eigenvalue weighted by atomic mass is 32.1. The zero-order valence-corrected chi connectivity index (χ0v) is 14.9. The molecule has 3 heterocycles. The highest BCUT2D eigenvalue weighted by Crippen LogP contribution is 2.29. The van der Waals surface area contributed by atoms with E-state index in [1.807, 2.05) is 6.92 Å². The third-order valence-corrected chi connectivity index (χ3v) is 4.46. The van der Waals surface area contributed by atoms with Crippen LogP contribution in [-0.4, -0.2) is 33.8 Å². The van der Waals surface area contributed by atoms with Gasteiger partial charge in [0.2, 0.25) is 5.91 Å². The third-order valence-electron chi connectivity index (χ3n) is 3.57. The molecule has 3 aromatic heterocycles. The molecular weight excluding hydrogens is 352 g/mol. The molecule has 0 unspecified atom stereocenters. The minimum atomic E-state index is -0.574. The van der Waals surface area contributed by atoms with Crippen LogP contribution in [0.15, 0.2) is 43.0 Å². The summed E-state index contributed by atoms with van der Waals surface area (Å²) in [6.07, 6.45) is 6.16. The fourth-order valence-electron chi connectivity index (χ4n) is 2.27. The van der Waals surface area contributed by atoms with Gasteiger partial charge in [0.1, 0.15) is 5.00 Å². The average molecular weight is 368 g/mol. The molecule has 8 nitrogen and oxygen atoms in total. The van der Waals surface area contributed by atoms with Gasteiger partial charge in [0, 0.05) is 31.3 Å². The Labute approximate surface area is 153 Å². The van der Waals surface area contributed by atoms with E-state index in [-0.39, 0.29) is 17.2 Å². The van der Waals surface area contributed by atoms with Gasteiger partial charge < -0.3 is 16.0 Å². The van der Waals surface area contributed by atoms with Crippen molar-refractivity contribution in [2.45, 2.75) is 6.92 Å². The molecule has 3 rings (SSSR count). The number of thiazole rings is 1. The van der Waals surface area contributed by atoms with Crippen molar-refractivity contribution in [2.24, 2.45) is 5.73 Å². The number of carbonyl (C=O) groups is 2. The Morgan fingerprint density at radius 2 is 1.92 bits per heavy atom. The number of aryl methyl sites for hydroxylation is 1. The highest BCUT2D eigenvalue weighted by molar-refractivity contribution is 7.16. The van der Waals surface area contributed by atoms with E-state index in [2.05, 4.69) is 20.3 Å². The molecular formula is C17H16N6O2S. The van der Waals surface area contributed by atoms with Crippen molar-refractivity contribution in [2.75, 3.05) is 17.3 Å². The van der Waals surface area contributed by atoms with Crippen LogP contribution in [0.1, 0.15) is 25.9 Å². The Balaban J connectivity index is 1.90. The van der Waals surface area contributed by atoms with Gasteiger partial charge >= 0.3 is 0 Å². The fourth-order valence-corrected chi connectivity index (χ4v) is 3.11. The van der Waals surface area contributed by atoms with Crippen molar-refractivity contribution < 1.29 is 9.59 Å². The molecule has 0 fully saturated rings. The first kappa shape index (κ1) is 17.5. The van der Waals surface area contributed by atoms with Gasteiger partial charge in [-0.25, -0.2) is 4.98 Å². The highest BCUT2D eigenvalue weighted by Gasteiger charge is 2.22. The van der Waals surface area contributed by atoms with Crippen LogP contribution < -0.4 is 16.0 Å². The molecule has 9 heteroatoms. The van der Waals surface area contributed by atoms with Crippen molar-refractivity contribution in [1.82, 2.24) is 15.0 Å². The van der Waals surface area contributed by atoms with Gasteiger partial charge in [-0.05, 0) is 25.1 Å². The molecule has 0 saturated carbocycles. The zero-order chi connectivity index (χ0) is 18.7. The molecule has 0 aliphatic rings. The topological polar surface area (TPSA) is 114 Å². The number of nitrogens with zero attached hydrogens (tertiary/aromatic N) is 4. The molecule has 0 bridgehead atoms. The average Bonchev–Trinajstić information content (AvgIpc) is 3.01. The largest absolute Gasteiger partial charge is 0.366 e. The minimum Gasteiger partial charge on any atom is -0.366 e. The van der Waals surface area contributed by atoms with E-state index in [0.717, 1.165) is 5.01 Å². The summed E-state index contributed by atoms with van der Waals surface area (Å²) in [7, 11) is 1.67. The SMILES string of the molecule is Cc1nc(C(=O)N(C)c2ccncc2)c(Nc2cncc(C(N)=O)c2)s1. The predicted molar refractivity (Wildman–Crippen MR) is 99.9 cm³/mol. The summed E-state index contributed by atoms with van der Waals surface area (Å²) in [5.41, 5.74) is 7.10. The van der Waals surface area contributed by atoms with Crippen molar-refractivity contribution in [3.63, 3.8) is 0 Å². The first-order chi connectivity index (χ1) is 12.5. The number of nitrogens with two attached hydrogens (primary N) is 1.